The van der Waals surface area contributed by atoms with Gasteiger partial charge in [0.2, 0.25) is 0 Å². The van der Waals surface area contributed by atoms with Crippen molar-refractivity contribution in [2.24, 2.45) is 0 Å². The Bertz CT molecular complexity index is 704. The highest BCUT2D eigenvalue weighted by Gasteiger charge is 2.18. The molecule has 5 nitrogen and oxygen atoms in total. The summed E-state index contributed by atoms with van der Waals surface area (Å²) < 4.78 is 39.5. The molecule has 0 saturated carbocycles. The van der Waals surface area contributed by atoms with E-state index in [1.165, 1.54) is 24.3 Å². The topological polar surface area (TPSA) is 72.0 Å². The fraction of sp³-hybridized carbons (Fsp3) is 0.0909. The Kier molecular flexibility index (Phi) is 3.68. The van der Waals surface area contributed by atoms with Crippen LogP contribution < -0.4 is 4.72 Å². The molecule has 0 unspecified atom stereocenters. The van der Waals surface area contributed by atoms with E-state index < -0.39 is 15.8 Å². The summed E-state index contributed by atoms with van der Waals surface area (Å²) in [6.07, 6.45) is 0. The first kappa shape index (κ1) is 13.7. The van der Waals surface area contributed by atoms with Crippen molar-refractivity contribution in [3.8, 4) is 0 Å². The molecule has 0 aliphatic heterocycles. The summed E-state index contributed by atoms with van der Waals surface area (Å²) in [6, 6.07) is 6.28. The molecule has 0 atom stereocenters. The first-order valence-corrected chi connectivity index (χ1v) is 7.03. The summed E-state index contributed by atoms with van der Waals surface area (Å²) in [5.74, 6) is -0.624. The van der Waals surface area contributed by atoms with Crippen molar-refractivity contribution in [3.63, 3.8) is 0 Å². The van der Waals surface area contributed by atoms with Crippen LogP contribution in [0.15, 0.2) is 35.2 Å². The smallest absolute Gasteiger partial charge is 0.262 e. The molecule has 1 aromatic carbocycles. The van der Waals surface area contributed by atoms with E-state index in [0.717, 1.165) is 6.07 Å². The van der Waals surface area contributed by atoms with Crippen LogP contribution in [0.2, 0.25) is 5.15 Å². The third-order valence-electron chi connectivity index (χ3n) is 2.31. The molecule has 100 valence electrons. The van der Waals surface area contributed by atoms with E-state index in [9.17, 15) is 12.8 Å². The van der Waals surface area contributed by atoms with Gasteiger partial charge in [0.25, 0.3) is 10.0 Å². The highest BCUT2D eigenvalue weighted by Crippen LogP contribution is 2.19. The van der Waals surface area contributed by atoms with Crippen LogP contribution in [0.5, 0.6) is 0 Å². The van der Waals surface area contributed by atoms with Gasteiger partial charge in [0.05, 0.1) is 4.90 Å². The Hall–Kier alpha value is -1.73. The monoisotopic (exact) mass is 301 g/mol. The molecule has 1 N–H and O–H groups in total. The second-order valence-electron chi connectivity index (χ2n) is 3.76. The molecular formula is C11H9ClFN3O2S. The maximum Gasteiger partial charge on any atom is 0.263 e. The lowest BCUT2D eigenvalue weighted by Crippen LogP contribution is -2.15. The minimum atomic E-state index is -3.91. The number of hydrogen-bond donors (Lipinski definition) is 1. The number of hydrogen-bond acceptors (Lipinski definition) is 4. The van der Waals surface area contributed by atoms with E-state index in [4.69, 9.17) is 11.6 Å². The van der Waals surface area contributed by atoms with Gasteiger partial charge in [-0.2, -0.15) is 0 Å². The Morgan fingerprint density at radius 2 is 1.95 bits per heavy atom. The molecule has 1 aromatic heterocycles. The summed E-state index contributed by atoms with van der Waals surface area (Å²) in [6.45, 7) is 1.57. The standard InChI is InChI=1S/C11H9ClFN3O2S/c1-7-2-3-8(13)6-9(7)19(17,18)16-11-5-4-10(12)14-15-11/h2-6H,1H3,(H,15,16). The molecule has 0 spiro atoms. The van der Waals surface area contributed by atoms with Gasteiger partial charge in [0.1, 0.15) is 5.82 Å². The summed E-state index contributed by atoms with van der Waals surface area (Å²) in [4.78, 5) is -0.149. The number of anilines is 1. The zero-order chi connectivity index (χ0) is 14.0. The highest BCUT2D eigenvalue weighted by atomic mass is 35.5. The third-order valence-corrected chi connectivity index (χ3v) is 4.01. The molecule has 0 radical (unpaired) electrons. The SMILES string of the molecule is Cc1ccc(F)cc1S(=O)(=O)Nc1ccc(Cl)nn1. The summed E-state index contributed by atoms with van der Waals surface area (Å²) >= 11 is 5.55. The molecular weight excluding hydrogens is 293 g/mol. The van der Waals surface area contributed by atoms with Crippen molar-refractivity contribution in [2.75, 3.05) is 4.72 Å². The van der Waals surface area contributed by atoms with Crippen molar-refractivity contribution in [1.29, 1.82) is 0 Å². The molecule has 19 heavy (non-hydrogen) atoms. The largest absolute Gasteiger partial charge is 0.263 e. The average molecular weight is 302 g/mol. The van der Waals surface area contributed by atoms with E-state index in [1.807, 2.05) is 0 Å². The Balaban J connectivity index is 2.37. The quantitative estimate of drug-likeness (QED) is 0.945. The van der Waals surface area contributed by atoms with Crippen LogP contribution in [0, 0.1) is 12.7 Å². The minimum Gasteiger partial charge on any atom is -0.262 e. The van der Waals surface area contributed by atoms with Gasteiger partial charge in [-0.1, -0.05) is 17.7 Å². The fourth-order valence-electron chi connectivity index (χ4n) is 1.43. The van der Waals surface area contributed by atoms with Gasteiger partial charge >= 0.3 is 0 Å². The van der Waals surface area contributed by atoms with Crippen molar-refractivity contribution in [3.05, 3.63) is 46.9 Å². The van der Waals surface area contributed by atoms with E-state index in [0.29, 0.717) is 5.56 Å². The van der Waals surface area contributed by atoms with Crippen molar-refractivity contribution in [1.82, 2.24) is 10.2 Å². The van der Waals surface area contributed by atoms with Gasteiger partial charge in [-0.25, -0.2) is 12.8 Å². The first-order valence-electron chi connectivity index (χ1n) is 5.17. The van der Waals surface area contributed by atoms with Gasteiger partial charge in [0.15, 0.2) is 11.0 Å². The number of rotatable bonds is 3. The normalized spacial score (nSPS) is 11.3. The molecule has 8 heteroatoms. The predicted molar refractivity (Wildman–Crippen MR) is 69.0 cm³/mol. The zero-order valence-corrected chi connectivity index (χ0v) is 11.3. The van der Waals surface area contributed by atoms with E-state index in [2.05, 4.69) is 14.9 Å². The summed E-state index contributed by atoms with van der Waals surface area (Å²) in [5.41, 5.74) is 0.427. The predicted octanol–water partition coefficient (Wildman–Crippen LogP) is 2.38. The van der Waals surface area contributed by atoms with E-state index in [-0.39, 0.29) is 15.9 Å². The fourth-order valence-corrected chi connectivity index (χ4v) is 2.78. The van der Waals surface area contributed by atoms with Gasteiger partial charge in [-0.15, -0.1) is 10.2 Å². The lowest BCUT2D eigenvalue weighted by molar-refractivity contribution is 0.594. The lowest BCUT2D eigenvalue weighted by atomic mass is 10.2. The van der Waals surface area contributed by atoms with Crippen LogP contribution in [0.25, 0.3) is 0 Å². The van der Waals surface area contributed by atoms with Crippen molar-refractivity contribution < 1.29 is 12.8 Å². The number of nitrogens with one attached hydrogen (secondary N) is 1. The van der Waals surface area contributed by atoms with Crippen LogP contribution in [0.1, 0.15) is 5.56 Å². The second-order valence-corrected chi connectivity index (χ2v) is 5.79. The molecule has 2 rings (SSSR count). The zero-order valence-electron chi connectivity index (χ0n) is 9.76. The number of halogens is 2. The van der Waals surface area contributed by atoms with E-state index >= 15 is 0 Å². The highest BCUT2D eigenvalue weighted by molar-refractivity contribution is 7.92. The van der Waals surface area contributed by atoms with Crippen molar-refractivity contribution in [2.45, 2.75) is 11.8 Å². The molecule has 0 fully saturated rings. The molecule has 1 heterocycles. The molecule has 0 saturated heterocycles. The van der Waals surface area contributed by atoms with Gasteiger partial charge in [-0.3, -0.25) is 4.72 Å². The van der Waals surface area contributed by atoms with Gasteiger partial charge in [0, 0.05) is 0 Å². The minimum absolute atomic E-state index is 0.00746. The first-order chi connectivity index (χ1) is 8.88. The number of sulfonamides is 1. The van der Waals surface area contributed by atoms with Crippen LogP contribution in [0.3, 0.4) is 0 Å². The Morgan fingerprint density at radius 1 is 1.21 bits per heavy atom. The summed E-state index contributed by atoms with van der Waals surface area (Å²) in [5, 5.41) is 7.23. The number of aryl methyl sites for hydroxylation is 1. The molecule has 0 aliphatic carbocycles. The maximum atomic E-state index is 13.1. The Labute approximate surface area is 114 Å². The number of benzene rings is 1. The lowest BCUT2D eigenvalue weighted by Gasteiger charge is -2.09. The van der Waals surface area contributed by atoms with Gasteiger partial charge < -0.3 is 0 Å². The molecule has 0 bridgehead atoms. The third kappa shape index (κ3) is 3.18. The second kappa shape index (κ2) is 5.10. The molecule has 0 aliphatic rings. The maximum absolute atomic E-state index is 13.1. The van der Waals surface area contributed by atoms with Crippen LogP contribution >= 0.6 is 11.6 Å². The van der Waals surface area contributed by atoms with Crippen LogP contribution in [0.4, 0.5) is 10.2 Å². The summed E-state index contributed by atoms with van der Waals surface area (Å²) in [7, 11) is -3.91. The number of nitrogens with zero attached hydrogens (tertiary/aromatic N) is 2. The van der Waals surface area contributed by atoms with Gasteiger partial charge in [-0.05, 0) is 36.8 Å². The number of aromatic nitrogens is 2. The Morgan fingerprint density at radius 3 is 2.58 bits per heavy atom. The molecule has 0 amide bonds. The van der Waals surface area contributed by atoms with E-state index in [1.54, 1.807) is 6.92 Å². The molecule has 2 aromatic rings. The average Bonchev–Trinajstić information content (AvgIpc) is 2.35. The van der Waals surface area contributed by atoms with Crippen LogP contribution in [-0.4, -0.2) is 18.6 Å². The van der Waals surface area contributed by atoms with Crippen LogP contribution in [-0.2, 0) is 10.0 Å². The van der Waals surface area contributed by atoms with Crippen molar-refractivity contribution >= 4 is 27.4 Å².